The van der Waals surface area contributed by atoms with Crippen LogP contribution in [-0.4, -0.2) is 287 Å². The Hall–Kier alpha value is -7.00. The molecular weight excluding hydrogens is 2210 g/mol. The Labute approximate surface area is 857 Å². The van der Waals surface area contributed by atoms with E-state index in [-0.39, 0.29) is 137 Å². The SMILES string of the molecule is CC[C@H]1O[C@@H](n2cc(C)c(=O)[nH]c2=O)CC1OP(O)(=S)OC[C@H]1O[C@@H](n2cnc3c(N)ncnc32)CC1OP(O)(=S)OC[C@H]1O[C@@H](N2C=C(C)C(N)=NC2)CC1OP(O)(=S)OC[C@H]1O[C@@H](n2cnc3c(N)ncnc32)CC1OP(O)(=S)OC[C@H]1O[C@@H](n2cc(C)c(=O)[nH]c2=O)CC1OP(O)(=S)OC[C@H]1O[C@@H](n2cnc3c(=O)[nH]c(N)nc32)CC1OP(O)(=S)OC[C@H]1O[C@@H](n2cnc3c(N)ncnc32)CC1OP(O)(=S)OC. The van der Waals surface area contributed by atoms with Gasteiger partial charge >= 0.3 is 58.4 Å². The van der Waals surface area contributed by atoms with Crippen molar-refractivity contribution in [1.82, 2.24) is 102 Å². The minimum absolute atomic E-state index is 0.00398. The van der Waals surface area contributed by atoms with Gasteiger partial charge in [0.2, 0.25) is 5.95 Å². The van der Waals surface area contributed by atoms with Crippen molar-refractivity contribution in [3.8, 4) is 0 Å². The van der Waals surface area contributed by atoms with Gasteiger partial charge in [-0.1, -0.05) is 6.92 Å². The third-order valence-corrected chi connectivity index (χ3v) is 35.7. The molecule has 0 spiro atoms. The van der Waals surface area contributed by atoms with Gasteiger partial charge in [0.1, 0.15) is 128 Å². The van der Waals surface area contributed by atoms with Crippen molar-refractivity contribution in [3.05, 3.63) is 132 Å². The number of H-pyrrole nitrogens is 3. The van der Waals surface area contributed by atoms with Crippen LogP contribution in [0.25, 0.3) is 44.7 Å². The Bertz CT molecular complexity index is 7380. The Morgan fingerprint density at radius 1 is 0.370 bits per heavy atom. The fourth-order valence-corrected chi connectivity index (χ4v) is 27.2. The maximum Gasteiger partial charge on any atom is 0.330 e. The van der Waals surface area contributed by atoms with Crippen molar-refractivity contribution in [2.75, 3.05) is 76.4 Å². The van der Waals surface area contributed by atoms with Crippen LogP contribution in [0.1, 0.15) is 114 Å². The summed E-state index contributed by atoms with van der Waals surface area (Å²) in [7, 11) is 1.15. The number of nitrogen functional groups attached to an aromatic ring is 4. The standard InChI is InChI=1S/C72H96N27O33P7S7/c1-6-34-35(8-49(119-34)94-15-32(3)67(100)91-71(94)103)127-134(106,141)114-20-45-39(11-52(123-45)97-28-85-56-61(75)79-24-82-64(56)97)130-136(108,143)113-17-42-36(7-48(120-42)93-14-31(2)59(73)88-26-93)128-135(107,142)117-21-46-40(12-53(124-46)98-29-86-57-62(76)80-25-83-65(57)98)131-139(111,146)116-19-44-38(9-50(121-44)95-16-33(4)68(101)92-72(95)104)129-137(109,144)118-22-47-41(13-54(125-47)99-30-87-58-66(99)89-70(77)90-69(58)102)132-138(110,145)115-18-43-37(126-133(105,140)112-5)10-51(122-43)96-27-84-55-60(74)78-23-81-63(55)96/h14-16,23-25,27-30,34-54H,6-13,17-22,26H2,1-5H3,(H2,73,88)(H,105,140)(H,106,141)(H,107,142)(H,108,143)(H,109,144)(H,110,145)(H,111,146)(H2,74,78,81)(H2,75,79,82)(H2,76,80,83)(H,91,100,103)(H,92,101,104)(H3,77,89,90,102)/t34-,35?,36?,37?,38?,39?,40?,41?,42-,43-,44-,45-,46-,47-,48-,49-,50-,51-,52-,53-,54-,133?,134?,135?,136?,137?,138?,139?/m1/s1. The van der Waals surface area contributed by atoms with Gasteiger partial charge < -0.3 is 164 Å². The lowest BCUT2D eigenvalue weighted by Gasteiger charge is -2.29. The Kier molecular flexibility index (Phi) is 32.7. The van der Waals surface area contributed by atoms with Gasteiger partial charge in [0.05, 0.1) is 114 Å². The number of aromatic amines is 3. The molecule has 7 fully saturated rings. The molecule has 8 aliphatic heterocycles. The number of anilines is 4. The number of ether oxygens (including phenoxy) is 7. The zero-order chi connectivity index (χ0) is 104. The molecule has 0 bridgehead atoms. The van der Waals surface area contributed by atoms with Gasteiger partial charge in [0, 0.05) is 87.3 Å². The number of aryl methyl sites for hydroxylation is 2. The smallest absolute Gasteiger partial charge is 0.330 e. The summed E-state index contributed by atoms with van der Waals surface area (Å²) in [4.78, 5) is 208. The Balaban J connectivity index is 0.556. The van der Waals surface area contributed by atoms with E-state index in [2.05, 4.69) is 74.8 Å². The second-order valence-electron chi connectivity index (χ2n) is 34.2. The number of imidazole rings is 4. The highest BCUT2D eigenvalue weighted by atomic mass is 32.5. The second-order valence-corrected chi connectivity index (χ2v) is 53.8. The number of hydrogen-bond acceptors (Lipinski definition) is 51. The van der Waals surface area contributed by atoms with Gasteiger partial charge in [-0.05, 0) is 110 Å². The molecule has 20 N–H and O–H groups in total. The Morgan fingerprint density at radius 2 is 0.651 bits per heavy atom. The molecule has 18 heterocycles. The molecule has 0 aliphatic carbocycles. The average molecular weight is 2310 g/mol. The first kappa shape index (κ1) is 109. The van der Waals surface area contributed by atoms with E-state index in [1.54, 1.807) is 24.9 Å². The minimum atomic E-state index is -4.70. The zero-order valence-electron chi connectivity index (χ0n) is 76.6. The van der Waals surface area contributed by atoms with Crippen LogP contribution in [0.4, 0.5) is 23.4 Å². The van der Waals surface area contributed by atoms with E-state index >= 15 is 0 Å². The zero-order valence-corrected chi connectivity index (χ0v) is 88.6. The van der Waals surface area contributed by atoms with Crippen LogP contribution < -0.4 is 56.7 Å². The minimum Gasteiger partial charge on any atom is -0.384 e. The van der Waals surface area contributed by atoms with Gasteiger partial charge in [-0.25, -0.2) is 64.4 Å². The van der Waals surface area contributed by atoms with Crippen LogP contribution in [0.15, 0.2) is 97.4 Å². The number of nitrogens with zero attached hydrogens (tertiary/aromatic N) is 19. The molecule has 60 nitrogen and oxygen atoms in total. The highest BCUT2D eigenvalue weighted by Gasteiger charge is 2.52. The number of amidine groups is 1. The summed E-state index contributed by atoms with van der Waals surface area (Å²) < 4.78 is 138. The molecule has 0 aromatic carbocycles. The van der Waals surface area contributed by atoms with Crippen molar-refractivity contribution in [1.29, 1.82) is 0 Å². The predicted octanol–water partition coefficient (Wildman–Crippen LogP) is 1.43. The largest absolute Gasteiger partial charge is 0.384 e. The summed E-state index contributed by atoms with van der Waals surface area (Å²) in [5, 5.41) is 0. The van der Waals surface area contributed by atoms with Gasteiger partial charge in [-0.15, -0.1) is 0 Å². The van der Waals surface area contributed by atoms with E-state index in [0.29, 0.717) is 12.0 Å². The fraction of sp³-hybridized carbons (Fsp3) is 0.569. The molecule has 0 radical (unpaired) electrons. The lowest BCUT2D eigenvalue weighted by Crippen LogP contribution is -2.36. The number of rotatable bonds is 41. The molecule has 794 valence electrons. The molecule has 0 saturated carbocycles. The predicted molar refractivity (Wildman–Crippen MR) is 533 cm³/mol. The normalized spacial score (nSPS) is 30.1. The fourth-order valence-electron chi connectivity index (χ4n) is 17.4. The summed E-state index contributed by atoms with van der Waals surface area (Å²) in [6.45, 7) is -28.7. The van der Waals surface area contributed by atoms with Crippen molar-refractivity contribution >= 4 is 204 Å². The molecule has 10 aromatic rings. The number of aliphatic imine (C=N–C) groups is 1. The molecule has 74 heteroatoms. The molecule has 18 rings (SSSR count). The summed E-state index contributed by atoms with van der Waals surface area (Å²) in [6, 6.07) is 0. The number of fused-ring (bicyclic) bond motifs is 4. The number of hydrogen-bond donors (Lipinski definition) is 15. The quantitative estimate of drug-likeness (QED) is 0.0241. The second kappa shape index (κ2) is 43.9. The van der Waals surface area contributed by atoms with E-state index in [1.807, 2.05) is 0 Å². The number of nitrogens with two attached hydrogens (primary N) is 5. The van der Waals surface area contributed by atoms with Gasteiger partial charge in [0.25, 0.3) is 16.7 Å². The van der Waals surface area contributed by atoms with Gasteiger partial charge in [-0.3, -0.25) is 56.7 Å². The van der Waals surface area contributed by atoms with Gasteiger partial charge in [-0.2, -0.15) is 4.98 Å². The lowest BCUT2D eigenvalue weighted by atomic mass is 10.1. The van der Waals surface area contributed by atoms with E-state index in [1.165, 1.54) is 93.4 Å². The topological polar surface area (TPSA) is 785 Å². The van der Waals surface area contributed by atoms with E-state index in [0.717, 1.165) is 11.7 Å². The molecule has 8 aliphatic rings. The van der Waals surface area contributed by atoms with Crippen LogP contribution in [0.3, 0.4) is 0 Å². The third kappa shape index (κ3) is 24.7. The van der Waals surface area contributed by atoms with Crippen molar-refractivity contribution in [2.24, 2.45) is 10.7 Å². The maximum absolute atomic E-state index is 13.6. The third-order valence-electron chi connectivity index (χ3n) is 24.5. The van der Waals surface area contributed by atoms with Crippen LogP contribution in [-0.2, 0) is 179 Å². The monoisotopic (exact) mass is 2310 g/mol. The molecular formula is C72H96N27O33P7S7. The highest BCUT2D eigenvalue weighted by Crippen LogP contribution is 2.59. The van der Waals surface area contributed by atoms with Crippen LogP contribution >= 0.6 is 47.0 Å². The summed E-state index contributed by atoms with van der Waals surface area (Å²) in [6.07, 6.45) is -12.2. The molecule has 146 heavy (non-hydrogen) atoms. The first-order valence-corrected chi connectivity index (χ1v) is 62.2. The summed E-state index contributed by atoms with van der Waals surface area (Å²) >= 11 is 39.4. The highest BCUT2D eigenvalue weighted by molar-refractivity contribution is 8.09. The first-order chi connectivity index (χ1) is 69.1. The van der Waals surface area contributed by atoms with E-state index < -0.39 is 244 Å². The number of nitrogens with one attached hydrogen (secondary N) is 3. The molecule has 10 aromatic heterocycles. The van der Waals surface area contributed by atoms with Crippen molar-refractivity contribution < 1.29 is 131 Å². The molecule has 14 unspecified atom stereocenters. The van der Waals surface area contributed by atoms with Crippen LogP contribution in [0.2, 0.25) is 0 Å². The maximum atomic E-state index is 13.6. The summed E-state index contributed by atoms with van der Waals surface area (Å²) in [5.74, 6) is 0.102. The van der Waals surface area contributed by atoms with E-state index in [4.69, 9.17) is 208 Å². The number of aromatic nitrogens is 20. The van der Waals surface area contributed by atoms with E-state index in [9.17, 15) is 58.2 Å². The molecule has 28 atom stereocenters. The lowest BCUT2D eigenvalue weighted by molar-refractivity contribution is -0.0657. The van der Waals surface area contributed by atoms with Crippen molar-refractivity contribution in [3.63, 3.8) is 0 Å². The molecule has 7 saturated heterocycles. The van der Waals surface area contributed by atoms with Crippen LogP contribution in [0.5, 0.6) is 0 Å². The Morgan fingerprint density at radius 3 is 0.966 bits per heavy atom. The van der Waals surface area contributed by atoms with Gasteiger partial charge in [0.15, 0.2) is 45.6 Å². The summed E-state index contributed by atoms with van der Waals surface area (Å²) in [5.41, 5.74) is 29.0. The average Bonchev–Trinajstić information content (AvgIpc) is 1.62. The first-order valence-electron chi connectivity index (χ1n) is 44.1. The van der Waals surface area contributed by atoms with Crippen molar-refractivity contribution in [2.45, 2.75) is 208 Å². The van der Waals surface area contributed by atoms with Crippen LogP contribution in [0, 0.1) is 13.8 Å². The molecule has 0 amide bonds.